The first-order valence-electron chi connectivity index (χ1n) is 8.27. The van der Waals surface area contributed by atoms with Crippen molar-refractivity contribution in [3.05, 3.63) is 65.7 Å². The van der Waals surface area contributed by atoms with E-state index in [1.807, 2.05) is 0 Å². The SMILES string of the molecule is CC(c1ccc(O)cc1)C1CCN(Cc2ccccc2)CC1. The van der Waals surface area contributed by atoms with Crippen molar-refractivity contribution in [1.82, 2.24) is 4.90 Å². The predicted molar refractivity (Wildman–Crippen MR) is 91.0 cm³/mol. The Morgan fingerprint density at radius 3 is 2.27 bits per heavy atom. The number of rotatable bonds is 4. The van der Waals surface area contributed by atoms with E-state index in [9.17, 15) is 5.11 Å². The molecule has 1 heterocycles. The monoisotopic (exact) mass is 295 g/mol. The zero-order chi connectivity index (χ0) is 15.4. The molecule has 1 atom stereocenters. The van der Waals surface area contributed by atoms with Crippen LogP contribution in [0.4, 0.5) is 0 Å². The van der Waals surface area contributed by atoms with Crippen molar-refractivity contribution >= 4 is 0 Å². The molecule has 116 valence electrons. The van der Waals surface area contributed by atoms with Crippen molar-refractivity contribution in [3.8, 4) is 5.75 Å². The molecule has 1 aliphatic heterocycles. The third-order valence-electron chi connectivity index (χ3n) is 5.01. The van der Waals surface area contributed by atoms with Crippen molar-refractivity contribution in [2.24, 2.45) is 5.92 Å². The summed E-state index contributed by atoms with van der Waals surface area (Å²) in [6.45, 7) is 5.76. The molecule has 1 saturated heterocycles. The van der Waals surface area contributed by atoms with Crippen molar-refractivity contribution in [3.63, 3.8) is 0 Å². The number of nitrogens with zero attached hydrogens (tertiary/aromatic N) is 1. The normalized spacial score (nSPS) is 18.2. The number of hydrogen-bond donors (Lipinski definition) is 1. The molecule has 2 aromatic rings. The van der Waals surface area contributed by atoms with E-state index in [2.05, 4.69) is 54.3 Å². The van der Waals surface area contributed by atoms with E-state index in [-0.39, 0.29) is 0 Å². The van der Waals surface area contributed by atoms with Gasteiger partial charge in [0.25, 0.3) is 0 Å². The lowest BCUT2D eigenvalue weighted by atomic mass is 9.81. The minimum Gasteiger partial charge on any atom is -0.508 e. The summed E-state index contributed by atoms with van der Waals surface area (Å²) in [7, 11) is 0. The first kappa shape index (κ1) is 15.1. The summed E-state index contributed by atoms with van der Waals surface area (Å²) >= 11 is 0. The molecule has 1 fully saturated rings. The third kappa shape index (κ3) is 3.69. The van der Waals surface area contributed by atoms with Crippen LogP contribution in [0.25, 0.3) is 0 Å². The Morgan fingerprint density at radius 2 is 1.64 bits per heavy atom. The highest BCUT2D eigenvalue weighted by Crippen LogP contribution is 2.33. The van der Waals surface area contributed by atoms with Gasteiger partial charge in [0, 0.05) is 6.54 Å². The van der Waals surface area contributed by atoms with E-state index >= 15 is 0 Å². The van der Waals surface area contributed by atoms with Crippen LogP contribution < -0.4 is 0 Å². The molecule has 2 aromatic carbocycles. The molecule has 22 heavy (non-hydrogen) atoms. The van der Waals surface area contributed by atoms with Gasteiger partial charge in [0.05, 0.1) is 0 Å². The Kier molecular flexibility index (Phi) is 4.79. The standard InChI is InChI=1S/C20H25NO/c1-16(18-7-9-20(22)10-8-18)19-11-13-21(14-12-19)15-17-5-3-2-4-6-17/h2-10,16,19,22H,11-15H2,1H3. The van der Waals surface area contributed by atoms with Gasteiger partial charge in [-0.25, -0.2) is 0 Å². The lowest BCUT2D eigenvalue weighted by molar-refractivity contribution is 0.165. The van der Waals surface area contributed by atoms with Crippen LogP contribution in [-0.4, -0.2) is 23.1 Å². The van der Waals surface area contributed by atoms with Crippen LogP contribution in [0.1, 0.15) is 36.8 Å². The average molecular weight is 295 g/mol. The van der Waals surface area contributed by atoms with Gasteiger partial charge in [0.1, 0.15) is 5.75 Å². The molecule has 2 nitrogen and oxygen atoms in total. The zero-order valence-corrected chi connectivity index (χ0v) is 13.3. The van der Waals surface area contributed by atoms with Crippen LogP contribution in [0.15, 0.2) is 54.6 Å². The van der Waals surface area contributed by atoms with Gasteiger partial charge in [-0.3, -0.25) is 4.90 Å². The van der Waals surface area contributed by atoms with Crippen LogP contribution in [0.5, 0.6) is 5.75 Å². The Balaban J connectivity index is 1.54. The van der Waals surface area contributed by atoms with E-state index in [0.29, 0.717) is 11.7 Å². The van der Waals surface area contributed by atoms with Crippen molar-refractivity contribution < 1.29 is 5.11 Å². The summed E-state index contributed by atoms with van der Waals surface area (Å²) in [6, 6.07) is 18.5. The van der Waals surface area contributed by atoms with Crippen molar-refractivity contribution in [2.75, 3.05) is 13.1 Å². The Hall–Kier alpha value is -1.80. The lowest BCUT2D eigenvalue weighted by Gasteiger charge is -2.35. The first-order valence-corrected chi connectivity index (χ1v) is 8.27. The molecule has 0 amide bonds. The summed E-state index contributed by atoms with van der Waals surface area (Å²) in [5, 5.41) is 9.42. The average Bonchev–Trinajstić information content (AvgIpc) is 2.57. The number of piperidine rings is 1. The molecule has 2 heteroatoms. The molecule has 0 spiro atoms. The van der Waals surface area contributed by atoms with Crippen LogP contribution in [0.3, 0.4) is 0 Å². The fourth-order valence-corrected chi connectivity index (χ4v) is 3.50. The first-order chi connectivity index (χ1) is 10.7. The highest BCUT2D eigenvalue weighted by molar-refractivity contribution is 5.28. The van der Waals surface area contributed by atoms with Gasteiger partial charge in [-0.05, 0) is 61.0 Å². The van der Waals surface area contributed by atoms with Crippen molar-refractivity contribution in [1.29, 1.82) is 0 Å². The summed E-state index contributed by atoms with van der Waals surface area (Å²) in [6.07, 6.45) is 2.52. The highest BCUT2D eigenvalue weighted by Gasteiger charge is 2.24. The molecule has 3 rings (SSSR count). The van der Waals surface area contributed by atoms with Gasteiger partial charge in [-0.15, -0.1) is 0 Å². The smallest absolute Gasteiger partial charge is 0.115 e. The molecule has 1 N–H and O–H groups in total. The van der Waals surface area contributed by atoms with E-state index < -0.39 is 0 Å². The van der Waals surface area contributed by atoms with Crippen LogP contribution >= 0.6 is 0 Å². The molecule has 1 unspecified atom stereocenters. The van der Waals surface area contributed by atoms with E-state index in [4.69, 9.17) is 0 Å². The Morgan fingerprint density at radius 1 is 1.00 bits per heavy atom. The Labute approximate surface area is 133 Å². The second-order valence-corrected chi connectivity index (χ2v) is 6.48. The van der Waals surface area contributed by atoms with Gasteiger partial charge in [-0.1, -0.05) is 49.4 Å². The van der Waals surface area contributed by atoms with E-state index in [1.165, 1.54) is 37.1 Å². The number of phenolic OH excluding ortho intramolecular Hbond substituents is 1. The Bertz CT molecular complexity index is 570. The summed E-state index contributed by atoms with van der Waals surface area (Å²) < 4.78 is 0. The second-order valence-electron chi connectivity index (χ2n) is 6.48. The van der Waals surface area contributed by atoms with Gasteiger partial charge >= 0.3 is 0 Å². The van der Waals surface area contributed by atoms with Crippen LogP contribution in [-0.2, 0) is 6.54 Å². The molecule has 0 aromatic heterocycles. The van der Waals surface area contributed by atoms with Gasteiger partial charge in [0.15, 0.2) is 0 Å². The number of aromatic hydroxyl groups is 1. The number of benzene rings is 2. The van der Waals surface area contributed by atoms with Gasteiger partial charge < -0.3 is 5.11 Å². The minimum atomic E-state index is 0.355. The van der Waals surface area contributed by atoms with Gasteiger partial charge in [0.2, 0.25) is 0 Å². The predicted octanol–water partition coefficient (Wildman–Crippen LogP) is 4.41. The maximum absolute atomic E-state index is 9.42. The molecular weight excluding hydrogens is 270 g/mol. The third-order valence-corrected chi connectivity index (χ3v) is 5.01. The van der Waals surface area contributed by atoms with Crippen LogP contribution in [0.2, 0.25) is 0 Å². The minimum absolute atomic E-state index is 0.355. The molecule has 0 aliphatic carbocycles. The maximum atomic E-state index is 9.42. The largest absolute Gasteiger partial charge is 0.508 e. The number of phenols is 1. The second kappa shape index (κ2) is 6.97. The topological polar surface area (TPSA) is 23.5 Å². The number of hydrogen-bond acceptors (Lipinski definition) is 2. The maximum Gasteiger partial charge on any atom is 0.115 e. The quantitative estimate of drug-likeness (QED) is 0.903. The number of likely N-dealkylation sites (tertiary alicyclic amines) is 1. The summed E-state index contributed by atoms with van der Waals surface area (Å²) in [4.78, 5) is 2.56. The summed E-state index contributed by atoms with van der Waals surface area (Å²) in [5.41, 5.74) is 2.76. The fourth-order valence-electron chi connectivity index (χ4n) is 3.50. The highest BCUT2D eigenvalue weighted by atomic mass is 16.3. The van der Waals surface area contributed by atoms with E-state index in [1.54, 1.807) is 12.1 Å². The molecule has 0 saturated carbocycles. The zero-order valence-electron chi connectivity index (χ0n) is 13.3. The molecule has 0 bridgehead atoms. The fraction of sp³-hybridized carbons (Fsp3) is 0.400. The molecule has 0 radical (unpaired) electrons. The molecular formula is C20H25NO. The van der Waals surface area contributed by atoms with Crippen molar-refractivity contribution in [2.45, 2.75) is 32.2 Å². The molecule has 1 aliphatic rings. The van der Waals surface area contributed by atoms with Crippen LogP contribution in [0, 0.1) is 5.92 Å². The van der Waals surface area contributed by atoms with Gasteiger partial charge in [-0.2, -0.15) is 0 Å². The lowest BCUT2D eigenvalue weighted by Crippen LogP contribution is -2.34. The summed E-state index contributed by atoms with van der Waals surface area (Å²) in [5.74, 6) is 1.67. The van der Waals surface area contributed by atoms with E-state index in [0.717, 1.165) is 12.5 Å².